The highest BCUT2D eigenvalue weighted by molar-refractivity contribution is 7.99. The summed E-state index contributed by atoms with van der Waals surface area (Å²) in [5.41, 5.74) is 5.99. The summed E-state index contributed by atoms with van der Waals surface area (Å²) in [4.78, 5) is 11.7. The van der Waals surface area contributed by atoms with Crippen molar-refractivity contribution in [2.75, 3.05) is 6.54 Å². The Hall–Kier alpha value is -1.60. The molecule has 0 fully saturated rings. The topological polar surface area (TPSA) is 76.7 Å². The van der Waals surface area contributed by atoms with Crippen LogP contribution in [0.2, 0.25) is 0 Å². The molecule has 0 saturated carbocycles. The van der Waals surface area contributed by atoms with E-state index in [1.54, 1.807) is 13.1 Å². The molecule has 0 amide bonds. The molecule has 18 heavy (non-hydrogen) atoms. The Bertz CT molecular complexity index is 607. The highest BCUT2D eigenvalue weighted by atomic mass is 32.2. The number of aromatic nitrogens is 3. The van der Waals surface area contributed by atoms with Crippen molar-refractivity contribution in [3.05, 3.63) is 40.1 Å². The molecule has 3 N–H and O–H groups in total. The smallest absolute Gasteiger partial charge is 0.330 e. The zero-order chi connectivity index (χ0) is 13.1. The van der Waals surface area contributed by atoms with Gasteiger partial charge in [-0.1, -0.05) is 12.1 Å². The van der Waals surface area contributed by atoms with Gasteiger partial charge < -0.3 is 5.73 Å². The third kappa shape index (κ3) is 2.46. The molecule has 0 bridgehead atoms. The predicted molar refractivity (Wildman–Crippen MR) is 67.1 cm³/mol. The number of halogens is 1. The van der Waals surface area contributed by atoms with Crippen molar-refractivity contribution in [2.45, 2.75) is 16.5 Å². The minimum absolute atomic E-state index is 0.325. The molecule has 2 aromatic rings. The largest absolute Gasteiger partial charge is 0.343 e. The fourth-order valence-corrected chi connectivity index (χ4v) is 2.50. The van der Waals surface area contributed by atoms with Crippen LogP contribution in [0.15, 0.2) is 33.0 Å². The monoisotopic (exact) mass is 268 g/mol. The minimum Gasteiger partial charge on any atom is -0.330 e. The van der Waals surface area contributed by atoms with Crippen LogP contribution in [-0.4, -0.2) is 21.3 Å². The van der Waals surface area contributed by atoms with E-state index in [1.165, 1.54) is 10.6 Å². The number of H-pyrrole nitrogens is 1. The molecule has 0 unspecified atom stereocenters. The lowest BCUT2D eigenvalue weighted by molar-refractivity contribution is 0.596. The van der Waals surface area contributed by atoms with Crippen molar-refractivity contribution >= 4 is 11.8 Å². The van der Waals surface area contributed by atoms with Gasteiger partial charge in [-0.15, -0.1) is 5.10 Å². The molecule has 1 aromatic carbocycles. The van der Waals surface area contributed by atoms with E-state index in [1.807, 2.05) is 6.07 Å². The van der Waals surface area contributed by atoms with Crippen LogP contribution < -0.4 is 11.4 Å². The number of benzene rings is 1. The van der Waals surface area contributed by atoms with Gasteiger partial charge in [0.2, 0.25) is 0 Å². The fraction of sp³-hybridized carbons (Fsp3) is 0.273. The Balaban J connectivity index is 2.39. The maximum absolute atomic E-state index is 13.8. The van der Waals surface area contributed by atoms with Crippen LogP contribution in [0.4, 0.5) is 4.39 Å². The summed E-state index contributed by atoms with van der Waals surface area (Å²) in [6, 6.07) is 4.85. The first-order valence-electron chi connectivity index (χ1n) is 5.40. The first-order chi connectivity index (χ1) is 8.63. The molecule has 1 aromatic heterocycles. The second-order valence-electron chi connectivity index (χ2n) is 3.74. The van der Waals surface area contributed by atoms with Crippen LogP contribution in [0, 0.1) is 5.82 Å². The third-order valence-electron chi connectivity index (χ3n) is 2.49. The number of aromatic amines is 1. The average molecular weight is 268 g/mol. The molecule has 0 aliphatic carbocycles. The number of rotatable bonds is 4. The van der Waals surface area contributed by atoms with Crippen molar-refractivity contribution < 1.29 is 4.39 Å². The van der Waals surface area contributed by atoms with Crippen LogP contribution in [0.1, 0.15) is 5.56 Å². The van der Waals surface area contributed by atoms with Gasteiger partial charge in [-0.3, -0.25) is 4.57 Å². The Morgan fingerprint density at radius 1 is 1.56 bits per heavy atom. The molecular formula is C11H13FN4OS. The minimum atomic E-state index is -0.332. The van der Waals surface area contributed by atoms with Crippen molar-refractivity contribution in [3.63, 3.8) is 0 Å². The van der Waals surface area contributed by atoms with E-state index in [0.717, 1.165) is 17.3 Å². The summed E-state index contributed by atoms with van der Waals surface area (Å²) in [5.74, 6) is -0.332. The van der Waals surface area contributed by atoms with Crippen molar-refractivity contribution in [1.82, 2.24) is 14.8 Å². The van der Waals surface area contributed by atoms with Crippen LogP contribution in [0.25, 0.3) is 0 Å². The molecule has 5 nitrogen and oxygen atoms in total. The highest BCUT2D eigenvalue weighted by Crippen LogP contribution is 2.30. The zero-order valence-corrected chi connectivity index (χ0v) is 10.6. The molecule has 0 aliphatic rings. The molecule has 0 saturated heterocycles. The quantitative estimate of drug-likeness (QED) is 0.863. The lowest BCUT2D eigenvalue weighted by Gasteiger charge is -2.08. The number of nitrogens with two attached hydrogens (primary N) is 1. The molecule has 96 valence electrons. The van der Waals surface area contributed by atoms with Crippen molar-refractivity contribution in [1.29, 1.82) is 0 Å². The van der Waals surface area contributed by atoms with Gasteiger partial charge in [-0.05, 0) is 36.4 Å². The molecule has 0 spiro atoms. The summed E-state index contributed by atoms with van der Waals surface area (Å²) in [5, 5.41) is 6.58. The molecule has 0 aliphatic heterocycles. The summed E-state index contributed by atoms with van der Waals surface area (Å²) in [7, 11) is 1.58. The normalized spacial score (nSPS) is 10.8. The number of hydrogen-bond acceptors (Lipinski definition) is 4. The lowest BCUT2D eigenvalue weighted by Crippen LogP contribution is -2.13. The second-order valence-corrected chi connectivity index (χ2v) is 4.72. The molecule has 2 rings (SSSR count). The fourth-order valence-electron chi connectivity index (χ4n) is 1.54. The van der Waals surface area contributed by atoms with E-state index in [4.69, 9.17) is 5.73 Å². The molecule has 0 atom stereocenters. The van der Waals surface area contributed by atoms with E-state index >= 15 is 0 Å². The number of hydrogen-bond donors (Lipinski definition) is 2. The van der Waals surface area contributed by atoms with Crippen LogP contribution >= 0.6 is 11.8 Å². The standard InChI is InChI=1S/C11H13FN4OS/c1-16-10(17)14-15-11(16)18-9-7(5-6-13)3-2-4-8(9)12/h2-4H,5-6,13H2,1H3,(H,14,17). The Labute approximate surface area is 107 Å². The number of nitrogens with zero attached hydrogens (tertiary/aromatic N) is 2. The van der Waals surface area contributed by atoms with Gasteiger partial charge in [0, 0.05) is 7.05 Å². The molecule has 1 heterocycles. The van der Waals surface area contributed by atoms with E-state index in [0.29, 0.717) is 23.0 Å². The maximum atomic E-state index is 13.8. The van der Waals surface area contributed by atoms with Crippen LogP contribution in [-0.2, 0) is 13.5 Å². The second kappa shape index (κ2) is 5.36. The van der Waals surface area contributed by atoms with Gasteiger partial charge in [-0.25, -0.2) is 14.3 Å². The van der Waals surface area contributed by atoms with Crippen molar-refractivity contribution in [2.24, 2.45) is 12.8 Å². The first kappa shape index (κ1) is 12.8. The van der Waals surface area contributed by atoms with Gasteiger partial charge in [0.05, 0.1) is 4.90 Å². The molecule has 0 radical (unpaired) electrons. The van der Waals surface area contributed by atoms with E-state index in [2.05, 4.69) is 10.2 Å². The Kier molecular flexibility index (Phi) is 3.83. The summed E-state index contributed by atoms with van der Waals surface area (Å²) in [6.45, 7) is 0.441. The number of nitrogens with one attached hydrogen (secondary N) is 1. The van der Waals surface area contributed by atoms with Gasteiger partial charge in [0.1, 0.15) is 5.82 Å². The van der Waals surface area contributed by atoms with Gasteiger partial charge >= 0.3 is 5.69 Å². The van der Waals surface area contributed by atoms with Gasteiger partial charge in [-0.2, -0.15) is 0 Å². The van der Waals surface area contributed by atoms with Gasteiger partial charge in [0.25, 0.3) is 0 Å². The Morgan fingerprint density at radius 2 is 2.33 bits per heavy atom. The van der Waals surface area contributed by atoms with E-state index < -0.39 is 0 Å². The SMILES string of the molecule is Cn1c(Sc2c(F)cccc2CCN)n[nH]c1=O. The van der Waals surface area contributed by atoms with E-state index in [-0.39, 0.29) is 11.5 Å². The average Bonchev–Trinajstić information content (AvgIpc) is 2.65. The maximum Gasteiger partial charge on any atom is 0.343 e. The van der Waals surface area contributed by atoms with Gasteiger partial charge in [0.15, 0.2) is 5.16 Å². The van der Waals surface area contributed by atoms with Crippen LogP contribution in [0.5, 0.6) is 0 Å². The predicted octanol–water partition coefficient (Wildman–Crippen LogP) is 0.900. The Morgan fingerprint density at radius 3 is 2.94 bits per heavy atom. The summed E-state index contributed by atoms with van der Waals surface area (Å²) in [6.07, 6.45) is 0.582. The van der Waals surface area contributed by atoms with Crippen LogP contribution in [0.3, 0.4) is 0 Å². The van der Waals surface area contributed by atoms with Crippen molar-refractivity contribution in [3.8, 4) is 0 Å². The first-order valence-corrected chi connectivity index (χ1v) is 6.22. The third-order valence-corrected chi connectivity index (χ3v) is 3.70. The summed E-state index contributed by atoms with van der Waals surface area (Å²) < 4.78 is 15.1. The molecular weight excluding hydrogens is 255 g/mol. The zero-order valence-electron chi connectivity index (χ0n) is 9.81. The van der Waals surface area contributed by atoms with E-state index in [9.17, 15) is 9.18 Å². The summed E-state index contributed by atoms with van der Waals surface area (Å²) >= 11 is 1.12. The molecule has 7 heteroatoms. The highest BCUT2D eigenvalue weighted by Gasteiger charge is 2.13. The lowest BCUT2D eigenvalue weighted by atomic mass is 10.1.